The average Bonchev–Trinajstić information content (AvgIpc) is 3.33. The number of hydrogen-bond donors (Lipinski definition) is 2. The van der Waals surface area contributed by atoms with E-state index in [-0.39, 0.29) is 17.5 Å². The molecule has 0 spiro atoms. The van der Waals surface area contributed by atoms with Crippen LogP contribution in [0.2, 0.25) is 5.02 Å². The van der Waals surface area contributed by atoms with Gasteiger partial charge in [-0.3, -0.25) is 19.7 Å². The number of hydrazone groups is 1. The van der Waals surface area contributed by atoms with Crippen LogP contribution in [0.1, 0.15) is 37.9 Å². The summed E-state index contributed by atoms with van der Waals surface area (Å²) in [5.74, 6) is -0.476. The number of anilines is 1. The summed E-state index contributed by atoms with van der Waals surface area (Å²) in [5.41, 5.74) is 4.67. The number of benzene rings is 2. The Morgan fingerprint density at radius 2 is 1.84 bits per heavy atom. The number of nitrogens with zero attached hydrogens (tertiary/aromatic N) is 4. The molecular formula is C25H27ClN6O6. The van der Waals surface area contributed by atoms with Crippen molar-refractivity contribution in [1.29, 1.82) is 0 Å². The first kappa shape index (κ1) is 28.1. The fraction of sp³-hybridized carbons (Fsp3) is 0.280. The molecule has 1 aromatic heterocycles. The summed E-state index contributed by atoms with van der Waals surface area (Å²) < 4.78 is 11.8. The molecule has 12 nitrogen and oxygen atoms in total. The lowest BCUT2D eigenvalue weighted by molar-refractivity contribution is -0.385. The predicted molar refractivity (Wildman–Crippen MR) is 142 cm³/mol. The molecule has 0 aliphatic carbocycles. The maximum atomic E-state index is 12.6. The molecule has 13 heteroatoms. The third-order valence-corrected chi connectivity index (χ3v) is 5.80. The van der Waals surface area contributed by atoms with Crippen molar-refractivity contribution in [2.24, 2.45) is 5.10 Å². The van der Waals surface area contributed by atoms with Crippen molar-refractivity contribution in [2.45, 2.75) is 39.8 Å². The summed E-state index contributed by atoms with van der Waals surface area (Å²) in [7, 11) is 1.26. The van der Waals surface area contributed by atoms with Gasteiger partial charge in [-0.2, -0.15) is 5.10 Å². The van der Waals surface area contributed by atoms with Crippen LogP contribution in [0.5, 0.6) is 11.6 Å². The Morgan fingerprint density at radius 1 is 1.16 bits per heavy atom. The molecular weight excluding hydrogens is 516 g/mol. The summed E-state index contributed by atoms with van der Waals surface area (Å²) in [6.45, 7) is 6.71. The maximum Gasteiger partial charge on any atom is 0.350 e. The predicted octanol–water partition coefficient (Wildman–Crippen LogP) is 4.27. The molecule has 3 rings (SSSR count). The van der Waals surface area contributed by atoms with Gasteiger partial charge in [0.05, 0.1) is 17.7 Å². The van der Waals surface area contributed by atoms with Gasteiger partial charge in [0.25, 0.3) is 11.8 Å². The molecule has 3 aromatic rings. The highest BCUT2D eigenvalue weighted by molar-refractivity contribution is 6.30. The van der Waals surface area contributed by atoms with Crippen molar-refractivity contribution >= 4 is 40.5 Å². The first-order chi connectivity index (χ1) is 18.0. The lowest BCUT2D eigenvalue weighted by atomic mass is 10.1. The third-order valence-electron chi connectivity index (χ3n) is 5.56. The zero-order chi connectivity index (χ0) is 28.0. The first-order valence-corrected chi connectivity index (χ1v) is 11.8. The number of aromatic nitrogens is 2. The Bertz CT molecular complexity index is 1370. The van der Waals surface area contributed by atoms with E-state index < -0.39 is 23.0 Å². The first-order valence-electron chi connectivity index (χ1n) is 11.5. The van der Waals surface area contributed by atoms with Gasteiger partial charge >= 0.3 is 11.6 Å². The molecule has 2 aromatic carbocycles. The zero-order valence-corrected chi connectivity index (χ0v) is 22.1. The number of ether oxygens (including phenoxy) is 2. The lowest BCUT2D eigenvalue weighted by Crippen LogP contribution is -2.30. The van der Waals surface area contributed by atoms with Gasteiger partial charge in [-0.1, -0.05) is 23.7 Å². The van der Waals surface area contributed by atoms with Gasteiger partial charge in [0, 0.05) is 10.7 Å². The molecule has 1 heterocycles. The summed E-state index contributed by atoms with van der Waals surface area (Å²) >= 11 is 5.96. The highest BCUT2D eigenvalue weighted by Crippen LogP contribution is 2.26. The number of amides is 2. The molecule has 0 bridgehead atoms. The highest BCUT2D eigenvalue weighted by Gasteiger charge is 2.25. The van der Waals surface area contributed by atoms with Crippen LogP contribution in [-0.2, 0) is 9.59 Å². The summed E-state index contributed by atoms with van der Waals surface area (Å²) in [5, 5.41) is 22.5. The molecule has 2 atom stereocenters. The van der Waals surface area contributed by atoms with E-state index in [0.29, 0.717) is 27.7 Å². The van der Waals surface area contributed by atoms with Crippen LogP contribution < -0.4 is 20.2 Å². The number of aryl methyl sites for hydroxylation is 1. The van der Waals surface area contributed by atoms with Crippen LogP contribution in [-0.4, -0.2) is 45.4 Å². The lowest BCUT2D eigenvalue weighted by Gasteiger charge is -2.16. The second kappa shape index (κ2) is 12.2. The average molecular weight is 543 g/mol. The minimum Gasteiger partial charge on any atom is -0.481 e. The number of nitro groups is 1. The second-order valence-electron chi connectivity index (χ2n) is 8.35. The van der Waals surface area contributed by atoms with Crippen molar-refractivity contribution in [2.75, 3.05) is 12.4 Å². The number of carbonyl (C=O) groups is 2. The second-order valence-corrected chi connectivity index (χ2v) is 8.78. The van der Waals surface area contributed by atoms with E-state index >= 15 is 0 Å². The number of hydrogen-bond acceptors (Lipinski definition) is 8. The monoisotopic (exact) mass is 542 g/mol. The van der Waals surface area contributed by atoms with Gasteiger partial charge in [-0.05, 0) is 69.2 Å². The van der Waals surface area contributed by atoms with Crippen molar-refractivity contribution < 1.29 is 24.0 Å². The van der Waals surface area contributed by atoms with E-state index in [4.69, 9.17) is 21.1 Å². The number of halogens is 1. The minimum atomic E-state index is -0.882. The van der Waals surface area contributed by atoms with Crippen molar-refractivity contribution in [3.63, 3.8) is 0 Å². The van der Waals surface area contributed by atoms with Crippen LogP contribution in [0.25, 0.3) is 0 Å². The Hall–Kier alpha value is -4.45. The Labute approximate surface area is 223 Å². The molecule has 38 heavy (non-hydrogen) atoms. The molecule has 0 saturated heterocycles. The fourth-order valence-electron chi connectivity index (χ4n) is 3.28. The molecule has 0 aliphatic heterocycles. The molecule has 2 N–H and O–H groups in total. The molecule has 0 fully saturated rings. The van der Waals surface area contributed by atoms with Crippen LogP contribution in [0, 0.1) is 17.0 Å². The topological polar surface area (TPSA) is 150 Å². The van der Waals surface area contributed by atoms with Crippen LogP contribution in [0.15, 0.2) is 53.8 Å². The largest absolute Gasteiger partial charge is 0.481 e. The summed E-state index contributed by atoms with van der Waals surface area (Å²) in [6, 6.07) is 11.2. The molecule has 2 amide bonds. The Kier molecular flexibility index (Phi) is 9.02. The van der Waals surface area contributed by atoms with E-state index in [2.05, 4.69) is 20.9 Å². The number of carbonyl (C=O) groups excluding carboxylic acids is 2. The standard InChI is InChI=1S/C25H27ClN6O6/c1-14-12-19(26)8-11-22(14)38-17(4)24(34)27-20-9-6-18(7-10-20)15(2)28-29-23(33)16(3)31-13-21(32(35)36)25(30-31)37-5/h6-13,16-17H,1-5H3,(H,27,34)(H,29,33)/b28-15-/t16-,17-/m1/s1. The van der Waals surface area contributed by atoms with Crippen LogP contribution in [0.3, 0.4) is 0 Å². The van der Waals surface area contributed by atoms with Gasteiger partial charge in [-0.25, -0.2) is 10.1 Å². The van der Waals surface area contributed by atoms with E-state index in [0.717, 1.165) is 16.4 Å². The highest BCUT2D eigenvalue weighted by atomic mass is 35.5. The van der Waals surface area contributed by atoms with Crippen molar-refractivity contribution in [3.8, 4) is 11.6 Å². The van der Waals surface area contributed by atoms with E-state index in [1.54, 1.807) is 56.3 Å². The zero-order valence-electron chi connectivity index (χ0n) is 21.4. The number of nitrogens with one attached hydrogen (secondary N) is 2. The number of methoxy groups -OCH3 is 1. The van der Waals surface area contributed by atoms with Crippen LogP contribution >= 0.6 is 11.6 Å². The molecule has 0 radical (unpaired) electrons. The van der Waals surface area contributed by atoms with Gasteiger partial charge < -0.3 is 14.8 Å². The normalized spacial score (nSPS) is 12.8. The summed E-state index contributed by atoms with van der Waals surface area (Å²) in [6.07, 6.45) is 0.376. The fourth-order valence-corrected chi connectivity index (χ4v) is 3.51. The summed E-state index contributed by atoms with van der Waals surface area (Å²) in [4.78, 5) is 35.5. The number of rotatable bonds is 10. The minimum absolute atomic E-state index is 0.192. The van der Waals surface area contributed by atoms with Gasteiger partial charge in [0.1, 0.15) is 18.0 Å². The molecule has 0 unspecified atom stereocenters. The Morgan fingerprint density at radius 3 is 2.42 bits per heavy atom. The van der Waals surface area contributed by atoms with Crippen molar-refractivity contribution in [1.82, 2.24) is 15.2 Å². The van der Waals surface area contributed by atoms with Gasteiger partial charge in [0.2, 0.25) is 0 Å². The quantitative estimate of drug-likeness (QED) is 0.220. The van der Waals surface area contributed by atoms with E-state index in [1.807, 2.05) is 6.92 Å². The Balaban J connectivity index is 1.58. The maximum absolute atomic E-state index is 12.6. The smallest absolute Gasteiger partial charge is 0.350 e. The third kappa shape index (κ3) is 6.85. The van der Waals surface area contributed by atoms with E-state index in [1.165, 1.54) is 14.0 Å². The van der Waals surface area contributed by atoms with Gasteiger partial charge in [0.15, 0.2) is 6.10 Å². The van der Waals surface area contributed by atoms with Gasteiger partial charge in [-0.15, -0.1) is 5.10 Å². The van der Waals surface area contributed by atoms with Crippen LogP contribution in [0.4, 0.5) is 11.4 Å². The van der Waals surface area contributed by atoms with E-state index in [9.17, 15) is 19.7 Å². The van der Waals surface area contributed by atoms with Crippen molar-refractivity contribution in [3.05, 3.63) is 74.9 Å². The molecule has 0 saturated carbocycles. The molecule has 0 aliphatic rings. The SMILES string of the molecule is COc1nn([C@H](C)C(=O)N/N=C(/C)c2ccc(NC(=O)[C@@H](C)Oc3ccc(Cl)cc3C)cc2)cc1[N+](=O)[O-]. The molecule has 200 valence electrons.